The second-order valence-electron chi connectivity index (χ2n) is 5.62. The van der Waals surface area contributed by atoms with Crippen molar-refractivity contribution in [2.45, 2.75) is 31.0 Å². The minimum Gasteiger partial charge on any atom is -0.350 e. The number of hydrogen-bond donors (Lipinski definition) is 0. The van der Waals surface area contributed by atoms with Crippen molar-refractivity contribution in [3.63, 3.8) is 0 Å². The number of carbonyl (C=O) groups is 1. The molecule has 0 aliphatic carbocycles. The van der Waals surface area contributed by atoms with Crippen LogP contribution in [0.25, 0.3) is 0 Å². The van der Waals surface area contributed by atoms with Gasteiger partial charge in [-0.05, 0) is 18.6 Å². The monoisotopic (exact) mass is 276 g/mol. The van der Waals surface area contributed by atoms with E-state index in [0.717, 1.165) is 18.5 Å². The molecular weight excluding hydrogens is 256 g/mol. The fourth-order valence-electron chi connectivity index (χ4n) is 3.16. The van der Waals surface area contributed by atoms with E-state index in [1.807, 2.05) is 31.4 Å². The molecule has 1 atom stereocenters. The van der Waals surface area contributed by atoms with E-state index in [0.29, 0.717) is 26.2 Å². The number of aromatic nitrogens is 1. The zero-order chi connectivity index (χ0) is 14.0. The van der Waals surface area contributed by atoms with Crippen LogP contribution in [0.15, 0.2) is 24.4 Å². The topological polar surface area (TPSA) is 51.7 Å². The number of likely N-dealkylation sites (N-methyl/N-ethyl adjacent to an activating group) is 1. The Morgan fingerprint density at radius 3 is 2.85 bits per heavy atom. The summed E-state index contributed by atoms with van der Waals surface area (Å²) in [7, 11) is 1.86. The maximum Gasteiger partial charge on any atom is 0.222 e. The smallest absolute Gasteiger partial charge is 0.222 e. The van der Waals surface area contributed by atoms with Crippen LogP contribution in [0.2, 0.25) is 0 Å². The largest absolute Gasteiger partial charge is 0.350 e. The Bertz CT molecular complexity index is 473. The Labute approximate surface area is 118 Å². The molecule has 1 aromatic rings. The Kier molecular flexibility index (Phi) is 3.72. The van der Waals surface area contributed by atoms with Crippen molar-refractivity contribution >= 4 is 5.91 Å². The highest BCUT2D eigenvalue weighted by Crippen LogP contribution is 2.38. The van der Waals surface area contributed by atoms with Crippen LogP contribution in [0.3, 0.4) is 0 Å². The van der Waals surface area contributed by atoms with Gasteiger partial charge in [0.25, 0.3) is 0 Å². The van der Waals surface area contributed by atoms with Crippen LogP contribution in [0.1, 0.15) is 25.0 Å². The van der Waals surface area contributed by atoms with Gasteiger partial charge in [0.15, 0.2) is 6.29 Å². The Hall–Kier alpha value is -1.46. The molecule has 0 aromatic carbocycles. The van der Waals surface area contributed by atoms with Gasteiger partial charge in [-0.3, -0.25) is 9.78 Å². The molecule has 2 aliphatic heterocycles. The summed E-state index contributed by atoms with van der Waals surface area (Å²) in [5, 5.41) is 0. The van der Waals surface area contributed by atoms with E-state index in [2.05, 4.69) is 4.98 Å². The molecule has 5 nitrogen and oxygen atoms in total. The van der Waals surface area contributed by atoms with Crippen LogP contribution in [-0.4, -0.2) is 48.9 Å². The Morgan fingerprint density at radius 1 is 1.40 bits per heavy atom. The van der Waals surface area contributed by atoms with Crippen LogP contribution in [0.5, 0.6) is 0 Å². The summed E-state index contributed by atoms with van der Waals surface area (Å²) in [5.41, 5.74) is 0.859. The molecular formula is C15H20N2O3. The van der Waals surface area contributed by atoms with Crippen LogP contribution >= 0.6 is 0 Å². The number of pyridine rings is 1. The van der Waals surface area contributed by atoms with Gasteiger partial charge in [-0.2, -0.15) is 0 Å². The molecule has 3 heterocycles. The van der Waals surface area contributed by atoms with Crippen molar-refractivity contribution in [1.82, 2.24) is 9.88 Å². The molecule has 108 valence electrons. The second kappa shape index (κ2) is 5.50. The van der Waals surface area contributed by atoms with E-state index >= 15 is 0 Å². The van der Waals surface area contributed by atoms with Crippen molar-refractivity contribution in [2.24, 2.45) is 0 Å². The van der Waals surface area contributed by atoms with E-state index in [1.54, 1.807) is 4.90 Å². The Balaban J connectivity index is 1.88. The van der Waals surface area contributed by atoms with Crippen molar-refractivity contribution in [3.8, 4) is 0 Å². The maximum absolute atomic E-state index is 11.8. The van der Waals surface area contributed by atoms with Crippen LogP contribution < -0.4 is 0 Å². The van der Waals surface area contributed by atoms with Crippen molar-refractivity contribution in [3.05, 3.63) is 30.1 Å². The summed E-state index contributed by atoms with van der Waals surface area (Å²) in [4.78, 5) is 18.1. The van der Waals surface area contributed by atoms with Gasteiger partial charge in [0, 0.05) is 43.7 Å². The lowest BCUT2D eigenvalue weighted by atomic mass is 9.74. The summed E-state index contributed by atoms with van der Waals surface area (Å²) >= 11 is 0. The van der Waals surface area contributed by atoms with Crippen LogP contribution in [0, 0.1) is 0 Å². The standard InChI is InChI=1S/C15H20N2O3/c1-17-11-15(6-5-13(17)18,10-14-19-8-9-20-14)12-4-2-3-7-16-12/h2-4,7,14H,5-6,8-11H2,1H3. The molecule has 5 heteroatoms. The lowest BCUT2D eigenvalue weighted by Crippen LogP contribution is -2.49. The molecule has 2 aliphatic rings. The highest BCUT2D eigenvalue weighted by atomic mass is 16.7. The molecule has 1 aromatic heterocycles. The lowest BCUT2D eigenvalue weighted by Gasteiger charge is -2.41. The molecule has 0 spiro atoms. The van der Waals surface area contributed by atoms with E-state index < -0.39 is 0 Å². The molecule has 2 saturated heterocycles. The molecule has 2 fully saturated rings. The fraction of sp³-hybridized carbons (Fsp3) is 0.600. The minimum atomic E-state index is -0.182. The number of likely N-dealkylation sites (tertiary alicyclic amines) is 1. The minimum absolute atomic E-state index is 0.168. The number of nitrogens with zero attached hydrogens (tertiary/aromatic N) is 2. The number of carbonyl (C=O) groups excluding carboxylic acids is 1. The number of ether oxygens (including phenoxy) is 2. The van der Waals surface area contributed by atoms with Gasteiger partial charge in [0.05, 0.1) is 13.2 Å². The first-order valence-electron chi connectivity index (χ1n) is 7.08. The number of rotatable bonds is 3. The molecule has 1 unspecified atom stereocenters. The predicted octanol–water partition coefficient (Wildman–Crippen LogP) is 1.33. The summed E-state index contributed by atoms with van der Waals surface area (Å²) in [6, 6.07) is 5.95. The maximum atomic E-state index is 11.8. The molecule has 0 saturated carbocycles. The van der Waals surface area contributed by atoms with Crippen molar-refractivity contribution < 1.29 is 14.3 Å². The van der Waals surface area contributed by atoms with Crippen LogP contribution in [0.4, 0.5) is 0 Å². The molecule has 20 heavy (non-hydrogen) atoms. The average molecular weight is 276 g/mol. The average Bonchev–Trinajstić information content (AvgIpc) is 2.97. The lowest BCUT2D eigenvalue weighted by molar-refractivity contribution is -0.136. The van der Waals surface area contributed by atoms with Gasteiger partial charge < -0.3 is 14.4 Å². The first kappa shape index (κ1) is 13.5. The van der Waals surface area contributed by atoms with E-state index in [1.165, 1.54) is 0 Å². The third-order valence-electron chi connectivity index (χ3n) is 4.24. The second-order valence-corrected chi connectivity index (χ2v) is 5.62. The summed E-state index contributed by atoms with van der Waals surface area (Å²) in [5.74, 6) is 0.199. The zero-order valence-corrected chi connectivity index (χ0v) is 11.7. The molecule has 0 bridgehead atoms. The molecule has 3 rings (SSSR count). The molecule has 1 amide bonds. The SMILES string of the molecule is CN1CC(CC2OCCO2)(c2ccccn2)CCC1=O. The van der Waals surface area contributed by atoms with E-state index in [9.17, 15) is 4.79 Å². The van der Waals surface area contributed by atoms with E-state index in [-0.39, 0.29) is 17.6 Å². The van der Waals surface area contributed by atoms with Gasteiger partial charge in [0.1, 0.15) is 0 Å². The highest BCUT2D eigenvalue weighted by Gasteiger charge is 2.42. The van der Waals surface area contributed by atoms with Crippen molar-refractivity contribution in [1.29, 1.82) is 0 Å². The number of amides is 1. The normalized spacial score (nSPS) is 28.1. The summed E-state index contributed by atoms with van der Waals surface area (Å²) in [6.45, 7) is 1.97. The predicted molar refractivity (Wildman–Crippen MR) is 73.1 cm³/mol. The van der Waals surface area contributed by atoms with Gasteiger partial charge in [-0.15, -0.1) is 0 Å². The summed E-state index contributed by atoms with van der Waals surface area (Å²) < 4.78 is 11.2. The van der Waals surface area contributed by atoms with Gasteiger partial charge >= 0.3 is 0 Å². The number of piperidine rings is 1. The van der Waals surface area contributed by atoms with Crippen LogP contribution in [-0.2, 0) is 19.7 Å². The molecule has 0 radical (unpaired) electrons. The van der Waals surface area contributed by atoms with E-state index in [4.69, 9.17) is 9.47 Å². The first-order chi connectivity index (χ1) is 9.70. The van der Waals surface area contributed by atoms with Gasteiger partial charge in [-0.1, -0.05) is 6.07 Å². The quantitative estimate of drug-likeness (QED) is 0.836. The third-order valence-corrected chi connectivity index (χ3v) is 4.24. The van der Waals surface area contributed by atoms with Gasteiger partial charge in [-0.25, -0.2) is 0 Å². The fourth-order valence-corrected chi connectivity index (χ4v) is 3.16. The Morgan fingerprint density at radius 2 is 2.20 bits per heavy atom. The zero-order valence-electron chi connectivity index (χ0n) is 11.7. The third kappa shape index (κ3) is 2.55. The number of hydrogen-bond acceptors (Lipinski definition) is 4. The summed E-state index contributed by atoms with van der Waals surface area (Å²) in [6.07, 6.45) is 3.74. The highest BCUT2D eigenvalue weighted by molar-refractivity contribution is 5.77. The molecule has 0 N–H and O–H groups in total. The first-order valence-corrected chi connectivity index (χ1v) is 7.08. The van der Waals surface area contributed by atoms with Gasteiger partial charge in [0.2, 0.25) is 5.91 Å². The van der Waals surface area contributed by atoms with Crippen molar-refractivity contribution in [2.75, 3.05) is 26.8 Å².